The first-order valence-corrected chi connectivity index (χ1v) is 9.80. The zero-order valence-electron chi connectivity index (χ0n) is 8.06. The molecule has 0 aliphatic heterocycles. The molecule has 0 atom stereocenters. The summed E-state index contributed by atoms with van der Waals surface area (Å²) in [6, 6.07) is 0. The van der Waals surface area contributed by atoms with Gasteiger partial charge < -0.3 is 4.12 Å². The minimum atomic E-state index is -1.28. The molecule has 0 bridgehead atoms. The van der Waals surface area contributed by atoms with Gasteiger partial charge in [0.1, 0.15) is 0 Å². The van der Waals surface area contributed by atoms with Crippen LogP contribution in [0.15, 0.2) is 0 Å². The van der Waals surface area contributed by atoms with Crippen molar-refractivity contribution in [3.63, 3.8) is 0 Å². The lowest BCUT2D eigenvalue weighted by Crippen LogP contribution is -2.38. The maximum Gasteiger partial charge on any atom is 0.175 e. The van der Waals surface area contributed by atoms with E-state index in [1.54, 1.807) is 0 Å². The summed E-state index contributed by atoms with van der Waals surface area (Å²) in [5.41, 5.74) is 0.752. The van der Waals surface area contributed by atoms with Gasteiger partial charge >= 0.3 is 0 Å². The highest BCUT2D eigenvalue weighted by molar-refractivity contribution is 6.78. The molecule has 0 aliphatic carbocycles. The van der Waals surface area contributed by atoms with Gasteiger partial charge in [-0.3, -0.25) is 0 Å². The van der Waals surface area contributed by atoms with Crippen molar-refractivity contribution in [1.82, 2.24) is 0 Å². The highest BCUT2D eigenvalue weighted by Crippen LogP contribution is 2.21. The minimum Gasteiger partial charge on any atom is -0.458 e. The first kappa shape index (κ1) is 10.4. The molecule has 3 heteroatoms. The summed E-state index contributed by atoms with van der Waals surface area (Å²) in [5.74, 6) is 0. The van der Waals surface area contributed by atoms with Crippen LogP contribution in [0.1, 0.15) is 13.8 Å². The van der Waals surface area contributed by atoms with Crippen molar-refractivity contribution in [1.29, 1.82) is 0 Å². The average Bonchev–Trinajstić information content (AvgIpc) is 1.60. The van der Waals surface area contributed by atoms with Crippen LogP contribution in [0.25, 0.3) is 0 Å². The number of hydrogen-bond donors (Lipinski definition) is 0. The van der Waals surface area contributed by atoms with Crippen molar-refractivity contribution in [2.24, 2.45) is 0 Å². The SMILES string of the molecule is CC(C)[Si](C)(C)O[SiH](C)C. The van der Waals surface area contributed by atoms with Gasteiger partial charge in [0.2, 0.25) is 0 Å². The Morgan fingerprint density at radius 2 is 1.60 bits per heavy atom. The maximum atomic E-state index is 5.98. The Morgan fingerprint density at radius 1 is 1.20 bits per heavy atom. The smallest absolute Gasteiger partial charge is 0.175 e. The summed E-state index contributed by atoms with van der Waals surface area (Å²) in [4.78, 5) is 0. The molecule has 0 saturated heterocycles. The lowest BCUT2D eigenvalue weighted by Gasteiger charge is -2.29. The topological polar surface area (TPSA) is 9.23 Å². The predicted octanol–water partition coefficient (Wildman–Crippen LogP) is 2.60. The molecule has 0 saturated carbocycles. The third-order valence-electron chi connectivity index (χ3n) is 1.93. The number of hydrogen-bond acceptors (Lipinski definition) is 1. The lowest BCUT2D eigenvalue weighted by atomic mass is 10.6. The second-order valence-corrected chi connectivity index (χ2v) is 11.3. The molecular weight excluding hydrogens is 156 g/mol. The van der Waals surface area contributed by atoms with Crippen LogP contribution in [0.4, 0.5) is 0 Å². The molecule has 0 aromatic carbocycles. The predicted molar refractivity (Wildman–Crippen MR) is 52.5 cm³/mol. The van der Waals surface area contributed by atoms with E-state index in [1.165, 1.54) is 0 Å². The van der Waals surface area contributed by atoms with Crippen molar-refractivity contribution in [3.8, 4) is 0 Å². The Kier molecular flexibility index (Phi) is 3.83. The normalized spacial score (nSPS) is 13.2. The van der Waals surface area contributed by atoms with E-state index in [1.807, 2.05) is 0 Å². The van der Waals surface area contributed by atoms with Crippen LogP contribution in [0, 0.1) is 0 Å². The highest BCUT2D eigenvalue weighted by Gasteiger charge is 2.27. The van der Waals surface area contributed by atoms with Crippen LogP contribution in [-0.4, -0.2) is 17.4 Å². The molecule has 0 spiro atoms. The first-order valence-electron chi connectivity index (χ1n) is 4.04. The van der Waals surface area contributed by atoms with Gasteiger partial charge in [0, 0.05) is 0 Å². The molecule has 10 heavy (non-hydrogen) atoms. The summed E-state index contributed by atoms with van der Waals surface area (Å²) in [7, 11) is -2.07. The van der Waals surface area contributed by atoms with Crippen LogP contribution in [0.5, 0.6) is 0 Å². The number of rotatable bonds is 3. The Morgan fingerprint density at radius 3 is 1.70 bits per heavy atom. The van der Waals surface area contributed by atoms with E-state index in [0.29, 0.717) is 0 Å². The average molecular weight is 176 g/mol. The van der Waals surface area contributed by atoms with Crippen molar-refractivity contribution in [2.75, 3.05) is 0 Å². The molecule has 0 unspecified atom stereocenters. The maximum absolute atomic E-state index is 5.98. The van der Waals surface area contributed by atoms with Crippen molar-refractivity contribution >= 4 is 17.4 Å². The van der Waals surface area contributed by atoms with Gasteiger partial charge in [-0.15, -0.1) is 0 Å². The fraction of sp³-hybridized carbons (Fsp3) is 1.00. The largest absolute Gasteiger partial charge is 0.458 e. The third-order valence-corrected chi connectivity index (χ3v) is 9.03. The van der Waals surface area contributed by atoms with Gasteiger partial charge in [0.05, 0.1) is 0 Å². The molecule has 0 fully saturated rings. The van der Waals surface area contributed by atoms with Gasteiger partial charge in [-0.1, -0.05) is 13.8 Å². The third kappa shape index (κ3) is 3.53. The molecule has 0 aromatic rings. The van der Waals surface area contributed by atoms with Crippen LogP contribution < -0.4 is 0 Å². The Hall–Kier alpha value is 0.394. The van der Waals surface area contributed by atoms with Gasteiger partial charge in [-0.25, -0.2) is 0 Å². The van der Waals surface area contributed by atoms with E-state index in [4.69, 9.17) is 4.12 Å². The zero-order chi connectivity index (χ0) is 8.36. The van der Waals surface area contributed by atoms with Gasteiger partial charge in [-0.05, 0) is 31.7 Å². The quantitative estimate of drug-likeness (QED) is 0.601. The molecule has 1 nitrogen and oxygen atoms in total. The zero-order valence-corrected chi connectivity index (χ0v) is 10.2. The Balaban J connectivity index is 3.87. The van der Waals surface area contributed by atoms with Crippen LogP contribution in [0.3, 0.4) is 0 Å². The Labute approximate surface area is 67.6 Å². The summed E-state index contributed by atoms with van der Waals surface area (Å²) in [6.07, 6.45) is 0. The summed E-state index contributed by atoms with van der Waals surface area (Å²) < 4.78 is 5.98. The summed E-state index contributed by atoms with van der Waals surface area (Å²) in [5, 5.41) is 0. The van der Waals surface area contributed by atoms with Crippen LogP contribution in [-0.2, 0) is 4.12 Å². The molecule has 0 N–H and O–H groups in total. The highest BCUT2D eigenvalue weighted by atomic mass is 28.4. The second kappa shape index (κ2) is 3.69. The fourth-order valence-electron chi connectivity index (χ4n) is 0.744. The first-order chi connectivity index (χ1) is 4.36. The lowest BCUT2D eigenvalue weighted by molar-refractivity contribution is 0.555. The van der Waals surface area contributed by atoms with E-state index in [0.717, 1.165) is 5.54 Å². The van der Waals surface area contributed by atoms with Gasteiger partial charge in [0.15, 0.2) is 17.4 Å². The summed E-state index contributed by atoms with van der Waals surface area (Å²) in [6.45, 7) is 13.6. The second-order valence-electron chi connectivity index (χ2n) is 3.92. The summed E-state index contributed by atoms with van der Waals surface area (Å²) >= 11 is 0. The molecular formula is C7H20OSi2. The van der Waals surface area contributed by atoms with Crippen LogP contribution >= 0.6 is 0 Å². The molecule has 0 amide bonds. The monoisotopic (exact) mass is 176 g/mol. The van der Waals surface area contributed by atoms with E-state index in [2.05, 4.69) is 40.0 Å². The molecule has 0 aliphatic rings. The van der Waals surface area contributed by atoms with Gasteiger partial charge in [-0.2, -0.15) is 0 Å². The molecule has 0 heterocycles. The van der Waals surface area contributed by atoms with Crippen molar-refractivity contribution in [3.05, 3.63) is 0 Å². The van der Waals surface area contributed by atoms with E-state index in [9.17, 15) is 0 Å². The standard InChI is InChI=1S/C7H20OSi2/c1-7(2)10(5,6)8-9(3)4/h7,9H,1-6H3. The molecule has 62 valence electrons. The van der Waals surface area contributed by atoms with E-state index >= 15 is 0 Å². The Bertz CT molecular complexity index is 99.8. The molecule has 0 radical (unpaired) electrons. The molecule has 0 aromatic heterocycles. The van der Waals surface area contributed by atoms with E-state index < -0.39 is 17.4 Å². The van der Waals surface area contributed by atoms with E-state index in [-0.39, 0.29) is 0 Å². The van der Waals surface area contributed by atoms with Crippen molar-refractivity contribution < 1.29 is 4.12 Å². The van der Waals surface area contributed by atoms with Crippen molar-refractivity contribution in [2.45, 2.75) is 45.6 Å². The minimum absolute atomic E-state index is 0.752. The van der Waals surface area contributed by atoms with Gasteiger partial charge in [0.25, 0.3) is 0 Å². The fourth-order valence-corrected chi connectivity index (χ4v) is 6.69. The molecule has 0 rings (SSSR count). The van der Waals surface area contributed by atoms with Crippen LogP contribution in [0.2, 0.25) is 31.7 Å².